The lowest BCUT2D eigenvalue weighted by molar-refractivity contribution is -0.129. The van der Waals surface area contributed by atoms with Gasteiger partial charge in [0.25, 0.3) is 0 Å². The van der Waals surface area contributed by atoms with Gasteiger partial charge in [-0.15, -0.1) is 0 Å². The van der Waals surface area contributed by atoms with Gasteiger partial charge in [-0.25, -0.2) is 14.6 Å². The average Bonchev–Trinajstić information content (AvgIpc) is 3.16. The summed E-state index contributed by atoms with van der Waals surface area (Å²) in [5, 5.41) is 0.515. The Kier molecular flexibility index (Phi) is 6.33. The number of ether oxygens (including phenoxy) is 3. The first-order valence-corrected chi connectivity index (χ1v) is 10.2. The molecule has 0 saturated carbocycles. The molecule has 0 spiro atoms. The van der Waals surface area contributed by atoms with Gasteiger partial charge in [0.05, 0.1) is 12.2 Å². The molecule has 0 radical (unpaired) electrons. The van der Waals surface area contributed by atoms with Crippen molar-refractivity contribution in [2.45, 2.75) is 6.92 Å². The Labute approximate surface area is 189 Å². The summed E-state index contributed by atoms with van der Waals surface area (Å²) in [7, 11) is 0. The lowest BCUT2D eigenvalue weighted by atomic mass is 10.1. The number of hydrogen-bond donors (Lipinski definition) is 0. The second kappa shape index (κ2) is 9.49. The highest BCUT2D eigenvalue weighted by Crippen LogP contribution is 2.31. The number of benzene rings is 3. The molecule has 6 nitrogen and oxygen atoms in total. The molecular formula is C25H18ClNO5. The first kappa shape index (κ1) is 21.3. The van der Waals surface area contributed by atoms with Crippen molar-refractivity contribution in [3.8, 4) is 11.5 Å². The zero-order valence-corrected chi connectivity index (χ0v) is 17.8. The first-order valence-electron chi connectivity index (χ1n) is 9.86. The predicted molar refractivity (Wildman–Crippen MR) is 121 cm³/mol. The molecule has 0 amide bonds. The zero-order chi connectivity index (χ0) is 22.5. The number of carbonyl (C=O) groups excluding carboxylic acids is 2. The van der Waals surface area contributed by atoms with Crippen LogP contribution >= 0.6 is 11.6 Å². The summed E-state index contributed by atoms with van der Waals surface area (Å²) in [5.74, 6) is -0.232. The normalized spacial score (nSPS) is 14.1. The summed E-state index contributed by atoms with van der Waals surface area (Å²) in [6.07, 6.45) is 1.57. The summed E-state index contributed by atoms with van der Waals surface area (Å²) in [5.41, 5.74) is 1.80. The monoisotopic (exact) mass is 447 g/mol. The van der Waals surface area contributed by atoms with Crippen LogP contribution in [0.25, 0.3) is 6.08 Å². The topological polar surface area (TPSA) is 74.2 Å². The third kappa shape index (κ3) is 4.87. The molecule has 1 aliphatic heterocycles. The highest BCUT2D eigenvalue weighted by molar-refractivity contribution is 6.31. The highest BCUT2D eigenvalue weighted by atomic mass is 35.5. The fourth-order valence-electron chi connectivity index (χ4n) is 3.01. The molecule has 1 aliphatic rings. The molecule has 32 heavy (non-hydrogen) atoms. The molecule has 0 bridgehead atoms. The molecule has 0 atom stereocenters. The van der Waals surface area contributed by atoms with Crippen LogP contribution in [0.4, 0.5) is 0 Å². The first-order chi connectivity index (χ1) is 15.5. The number of rotatable bonds is 6. The van der Waals surface area contributed by atoms with E-state index in [-0.39, 0.29) is 17.3 Å². The van der Waals surface area contributed by atoms with E-state index in [1.54, 1.807) is 72.8 Å². The number of nitrogens with zero attached hydrogens (tertiary/aromatic N) is 1. The van der Waals surface area contributed by atoms with Gasteiger partial charge in [-0.3, -0.25) is 0 Å². The van der Waals surface area contributed by atoms with E-state index in [1.807, 2.05) is 13.0 Å². The van der Waals surface area contributed by atoms with E-state index in [4.69, 9.17) is 25.8 Å². The number of esters is 2. The van der Waals surface area contributed by atoms with Crippen LogP contribution in [0.3, 0.4) is 0 Å². The molecule has 0 fully saturated rings. The standard InChI is InChI=1S/C25H18ClNO5/c1-2-30-22-14-16(11-12-21(22)31-24(28)17-7-4-3-5-8-17)13-20-25(29)32-23(27-20)18-9-6-10-19(26)15-18/h3-15H,2H2,1H3/b20-13-. The largest absolute Gasteiger partial charge is 0.490 e. The van der Waals surface area contributed by atoms with Crippen molar-refractivity contribution >= 4 is 35.5 Å². The van der Waals surface area contributed by atoms with Gasteiger partial charge in [0.15, 0.2) is 17.2 Å². The van der Waals surface area contributed by atoms with E-state index >= 15 is 0 Å². The number of hydrogen-bond acceptors (Lipinski definition) is 6. The molecular weight excluding hydrogens is 430 g/mol. The van der Waals surface area contributed by atoms with Gasteiger partial charge in [-0.05, 0) is 61.0 Å². The Balaban J connectivity index is 1.60. The molecule has 0 unspecified atom stereocenters. The smallest absolute Gasteiger partial charge is 0.363 e. The van der Waals surface area contributed by atoms with Gasteiger partial charge in [-0.1, -0.05) is 41.9 Å². The van der Waals surface area contributed by atoms with Crippen LogP contribution in [0.2, 0.25) is 5.02 Å². The van der Waals surface area contributed by atoms with E-state index in [1.165, 1.54) is 0 Å². The Hall–Kier alpha value is -3.90. The minimum absolute atomic E-state index is 0.136. The minimum atomic E-state index is -0.572. The van der Waals surface area contributed by atoms with Crippen molar-refractivity contribution in [2.75, 3.05) is 6.61 Å². The van der Waals surface area contributed by atoms with Gasteiger partial charge in [-0.2, -0.15) is 0 Å². The van der Waals surface area contributed by atoms with Crippen molar-refractivity contribution in [1.29, 1.82) is 0 Å². The summed E-state index contributed by atoms with van der Waals surface area (Å²) in [6.45, 7) is 2.19. The molecule has 4 rings (SSSR count). The van der Waals surface area contributed by atoms with E-state index in [9.17, 15) is 9.59 Å². The molecule has 0 N–H and O–H groups in total. The molecule has 0 saturated heterocycles. The summed E-state index contributed by atoms with van der Waals surface area (Å²) < 4.78 is 16.4. The van der Waals surface area contributed by atoms with Crippen LogP contribution < -0.4 is 9.47 Å². The quantitative estimate of drug-likeness (QED) is 0.291. The maximum absolute atomic E-state index is 12.4. The van der Waals surface area contributed by atoms with Crippen LogP contribution in [-0.4, -0.2) is 24.4 Å². The maximum Gasteiger partial charge on any atom is 0.363 e. The summed E-state index contributed by atoms with van der Waals surface area (Å²) in [4.78, 5) is 29.0. The number of aliphatic imine (C=N–C) groups is 1. The molecule has 7 heteroatoms. The van der Waals surface area contributed by atoms with Crippen LogP contribution in [0.5, 0.6) is 11.5 Å². The minimum Gasteiger partial charge on any atom is -0.490 e. The van der Waals surface area contributed by atoms with Gasteiger partial charge < -0.3 is 14.2 Å². The summed E-state index contributed by atoms with van der Waals surface area (Å²) in [6, 6.07) is 20.5. The maximum atomic E-state index is 12.4. The second-order valence-electron chi connectivity index (χ2n) is 6.74. The van der Waals surface area contributed by atoms with Crippen molar-refractivity contribution in [2.24, 2.45) is 4.99 Å². The van der Waals surface area contributed by atoms with Crippen molar-refractivity contribution in [3.63, 3.8) is 0 Å². The Morgan fingerprint density at radius 3 is 2.59 bits per heavy atom. The van der Waals surface area contributed by atoms with Gasteiger partial charge in [0.2, 0.25) is 5.90 Å². The number of cyclic esters (lactones) is 1. The molecule has 1 heterocycles. The van der Waals surface area contributed by atoms with Gasteiger partial charge in [0.1, 0.15) is 0 Å². The third-order valence-corrected chi connectivity index (χ3v) is 4.71. The lowest BCUT2D eigenvalue weighted by Crippen LogP contribution is -2.09. The van der Waals surface area contributed by atoms with Crippen molar-refractivity contribution in [1.82, 2.24) is 0 Å². The molecule has 3 aromatic carbocycles. The Morgan fingerprint density at radius 1 is 1.03 bits per heavy atom. The SMILES string of the molecule is CCOc1cc(/C=C2\N=C(c3cccc(Cl)c3)OC2=O)ccc1OC(=O)c1ccccc1. The summed E-state index contributed by atoms with van der Waals surface area (Å²) >= 11 is 6.00. The van der Waals surface area contributed by atoms with E-state index in [0.29, 0.717) is 34.1 Å². The lowest BCUT2D eigenvalue weighted by Gasteiger charge is -2.11. The van der Waals surface area contributed by atoms with Gasteiger partial charge >= 0.3 is 11.9 Å². The van der Waals surface area contributed by atoms with Crippen LogP contribution in [0, 0.1) is 0 Å². The zero-order valence-electron chi connectivity index (χ0n) is 17.1. The van der Waals surface area contributed by atoms with E-state index < -0.39 is 11.9 Å². The van der Waals surface area contributed by atoms with Crippen LogP contribution in [-0.2, 0) is 9.53 Å². The molecule has 0 aromatic heterocycles. The van der Waals surface area contributed by atoms with E-state index in [0.717, 1.165) is 0 Å². The third-order valence-electron chi connectivity index (χ3n) is 4.48. The van der Waals surface area contributed by atoms with Crippen LogP contribution in [0.15, 0.2) is 83.5 Å². The Morgan fingerprint density at radius 2 is 1.84 bits per heavy atom. The van der Waals surface area contributed by atoms with E-state index in [2.05, 4.69) is 4.99 Å². The van der Waals surface area contributed by atoms with Crippen LogP contribution in [0.1, 0.15) is 28.4 Å². The van der Waals surface area contributed by atoms with Gasteiger partial charge in [0, 0.05) is 10.6 Å². The fraction of sp³-hybridized carbons (Fsp3) is 0.0800. The predicted octanol–water partition coefficient (Wildman–Crippen LogP) is 5.30. The number of carbonyl (C=O) groups is 2. The number of halogens is 1. The molecule has 160 valence electrons. The highest BCUT2D eigenvalue weighted by Gasteiger charge is 2.24. The fourth-order valence-corrected chi connectivity index (χ4v) is 3.20. The second-order valence-corrected chi connectivity index (χ2v) is 7.18. The van der Waals surface area contributed by atoms with Crippen molar-refractivity contribution in [3.05, 3.63) is 100 Å². The Bertz CT molecular complexity index is 1230. The molecule has 3 aromatic rings. The average molecular weight is 448 g/mol. The van der Waals surface area contributed by atoms with Crippen molar-refractivity contribution < 1.29 is 23.8 Å². The molecule has 0 aliphatic carbocycles.